The lowest BCUT2D eigenvalue weighted by Crippen LogP contribution is -2.22. The Balaban J connectivity index is 2.24. The third kappa shape index (κ3) is 2.34. The van der Waals surface area contributed by atoms with E-state index in [-0.39, 0.29) is 19.1 Å². The predicted molar refractivity (Wildman–Crippen MR) is 64.4 cm³/mol. The van der Waals surface area contributed by atoms with Crippen molar-refractivity contribution in [2.24, 2.45) is 0 Å². The Morgan fingerprint density at radius 3 is 2.88 bits per heavy atom. The summed E-state index contributed by atoms with van der Waals surface area (Å²) >= 11 is 2.04. The van der Waals surface area contributed by atoms with Crippen LogP contribution < -0.4 is 9.64 Å². The highest BCUT2D eigenvalue weighted by Crippen LogP contribution is 2.23. The zero-order valence-electron chi connectivity index (χ0n) is 8.60. The van der Waals surface area contributed by atoms with Crippen molar-refractivity contribution in [2.75, 3.05) is 25.1 Å². The molecule has 0 amide bonds. The number of methoxy groups -OCH3 is 1. The molecule has 1 aromatic rings. The Morgan fingerprint density at radius 1 is 1.56 bits per heavy atom. The zero-order chi connectivity index (χ0) is 11.7. The Morgan fingerprint density at radius 2 is 2.31 bits per heavy atom. The average Bonchev–Trinajstić information content (AvgIpc) is 2.58. The molecule has 16 heavy (non-hydrogen) atoms. The van der Waals surface area contributed by atoms with Crippen LogP contribution >= 0.6 is 22.6 Å². The summed E-state index contributed by atoms with van der Waals surface area (Å²) in [5.74, 6) is 0.579. The van der Waals surface area contributed by atoms with Crippen LogP contribution in [0.4, 0.5) is 10.2 Å². The first-order valence-electron chi connectivity index (χ1n) is 4.76. The first-order valence-corrected chi connectivity index (χ1v) is 5.83. The highest BCUT2D eigenvalue weighted by molar-refractivity contribution is 14.1. The Hall–Kier alpha value is -0.700. The predicted octanol–water partition coefficient (Wildman–Crippen LogP) is 0.609. The van der Waals surface area contributed by atoms with Crippen LogP contribution in [0.25, 0.3) is 0 Å². The lowest BCUT2D eigenvalue weighted by atomic mass is 10.3. The van der Waals surface area contributed by atoms with E-state index in [2.05, 4.69) is 9.97 Å². The van der Waals surface area contributed by atoms with E-state index in [1.165, 1.54) is 7.11 Å². The van der Waals surface area contributed by atoms with Gasteiger partial charge in [0.25, 0.3) is 0 Å². The molecule has 1 N–H and O–H groups in total. The van der Waals surface area contributed by atoms with Gasteiger partial charge in [-0.15, -0.1) is 0 Å². The van der Waals surface area contributed by atoms with Crippen molar-refractivity contribution in [3.05, 3.63) is 9.77 Å². The van der Waals surface area contributed by atoms with Crippen LogP contribution in [0, 0.1) is 3.70 Å². The molecule has 0 spiro atoms. The smallest absolute Gasteiger partial charge is 0.319 e. The number of hydrogen-bond donors (Lipinski definition) is 1. The molecule has 0 aromatic carbocycles. The topological polar surface area (TPSA) is 58.5 Å². The number of alkyl halides is 1. The Labute approximate surface area is 106 Å². The fraction of sp³-hybridized carbons (Fsp3) is 0.556. The molecule has 1 aliphatic rings. The van der Waals surface area contributed by atoms with Crippen molar-refractivity contribution >= 4 is 28.4 Å². The molecule has 1 aromatic heterocycles. The van der Waals surface area contributed by atoms with Crippen molar-refractivity contribution < 1.29 is 14.2 Å². The van der Waals surface area contributed by atoms with Gasteiger partial charge in [0.05, 0.1) is 13.7 Å². The number of aromatic nitrogens is 2. The SMILES string of the molecule is COc1nc(I)cc(N2C[C@H](O)[C@@H](F)C2)n1. The van der Waals surface area contributed by atoms with Crippen LogP contribution in [-0.4, -0.2) is 47.5 Å². The second-order valence-electron chi connectivity index (χ2n) is 3.52. The summed E-state index contributed by atoms with van der Waals surface area (Å²) in [6.45, 7) is 0.398. The van der Waals surface area contributed by atoms with Gasteiger partial charge in [0.1, 0.15) is 21.8 Å². The molecule has 2 heterocycles. The van der Waals surface area contributed by atoms with Crippen LogP contribution in [0.3, 0.4) is 0 Å². The van der Waals surface area contributed by atoms with Gasteiger partial charge in [-0.05, 0) is 22.6 Å². The number of ether oxygens (including phenoxy) is 1. The Kier molecular flexibility index (Phi) is 3.43. The van der Waals surface area contributed by atoms with Gasteiger partial charge in [0.15, 0.2) is 0 Å². The van der Waals surface area contributed by atoms with E-state index in [0.717, 1.165) is 3.70 Å². The largest absolute Gasteiger partial charge is 0.467 e. The van der Waals surface area contributed by atoms with Crippen molar-refractivity contribution in [3.63, 3.8) is 0 Å². The standard InChI is InChI=1S/C9H11FIN3O2/c1-16-9-12-7(11)2-8(13-9)14-3-5(10)6(15)4-14/h2,5-6,15H,3-4H2,1H3/t5-,6-/m0/s1. The zero-order valence-corrected chi connectivity index (χ0v) is 10.8. The number of β-amino-alcohol motifs (C(OH)–C–C–N with tert-alkyl or cyclic N) is 1. The number of nitrogens with zero attached hydrogens (tertiary/aromatic N) is 3. The summed E-state index contributed by atoms with van der Waals surface area (Å²) in [5.41, 5.74) is 0. The number of aliphatic hydroxyl groups is 1. The highest BCUT2D eigenvalue weighted by atomic mass is 127. The third-order valence-electron chi connectivity index (χ3n) is 2.39. The number of hydrogen-bond acceptors (Lipinski definition) is 5. The molecular weight excluding hydrogens is 328 g/mol. The van der Waals surface area contributed by atoms with Crippen LogP contribution in [0.1, 0.15) is 0 Å². The number of anilines is 1. The van der Waals surface area contributed by atoms with E-state index in [0.29, 0.717) is 5.82 Å². The maximum atomic E-state index is 13.2. The molecule has 88 valence electrons. The third-order valence-corrected chi connectivity index (χ3v) is 2.94. The van der Waals surface area contributed by atoms with E-state index >= 15 is 0 Å². The number of rotatable bonds is 2. The molecule has 0 aliphatic carbocycles. The molecule has 5 nitrogen and oxygen atoms in total. The lowest BCUT2D eigenvalue weighted by Gasteiger charge is -2.16. The summed E-state index contributed by atoms with van der Waals surface area (Å²) in [7, 11) is 1.48. The first-order chi connectivity index (χ1) is 7.60. The second kappa shape index (κ2) is 4.66. The fourth-order valence-electron chi connectivity index (χ4n) is 1.57. The van der Waals surface area contributed by atoms with Gasteiger partial charge in [-0.1, -0.05) is 0 Å². The highest BCUT2D eigenvalue weighted by Gasteiger charge is 2.32. The van der Waals surface area contributed by atoms with E-state index < -0.39 is 12.3 Å². The molecule has 2 rings (SSSR count). The van der Waals surface area contributed by atoms with Gasteiger partial charge in [0, 0.05) is 12.6 Å². The second-order valence-corrected chi connectivity index (χ2v) is 4.63. The average molecular weight is 339 g/mol. The van der Waals surface area contributed by atoms with Gasteiger partial charge >= 0.3 is 6.01 Å². The minimum absolute atomic E-state index is 0.150. The van der Waals surface area contributed by atoms with Crippen LogP contribution in [0.5, 0.6) is 6.01 Å². The quantitative estimate of drug-likeness (QED) is 0.632. The molecule has 0 unspecified atom stereocenters. The van der Waals surface area contributed by atoms with Crippen molar-refractivity contribution in [1.29, 1.82) is 0 Å². The van der Waals surface area contributed by atoms with Gasteiger partial charge in [0.2, 0.25) is 0 Å². The van der Waals surface area contributed by atoms with E-state index in [9.17, 15) is 9.50 Å². The maximum Gasteiger partial charge on any atom is 0.319 e. The normalized spacial score (nSPS) is 24.9. The summed E-state index contributed by atoms with van der Waals surface area (Å²) in [5, 5.41) is 9.33. The van der Waals surface area contributed by atoms with Crippen molar-refractivity contribution in [3.8, 4) is 6.01 Å². The Bertz CT molecular complexity index is 383. The summed E-state index contributed by atoms with van der Waals surface area (Å²) in [6, 6.07) is 1.98. The molecule has 7 heteroatoms. The van der Waals surface area contributed by atoms with Crippen molar-refractivity contribution in [1.82, 2.24) is 9.97 Å². The van der Waals surface area contributed by atoms with Crippen molar-refractivity contribution in [2.45, 2.75) is 12.3 Å². The molecular formula is C9H11FIN3O2. The summed E-state index contributed by atoms with van der Waals surface area (Å²) in [4.78, 5) is 9.83. The molecule has 1 fully saturated rings. The van der Waals surface area contributed by atoms with E-state index in [1.807, 2.05) is 22.6 Å². The lowest BCUT2D eigenvalue weighted by molar-refractivity contribution is 0.118. The summed E-state index contributed by atoms with van der Waals surface area (Å²) < 4.78 is 18.8. The first kappa shape index (κ1) is 11.8. The molecule has 0 radical (unpaired) electrons. The molecule has 0 saturated carbocycles. The van der Waals surface area contributed by atoms with Crippen LogP contribution in [-0.2, 0) is 0 Å². The minimum atomic E-state index is -1.22. The molecule has 1 aliphatic heterocycles. The van der Waals surface area contributed by atoms with Crippen LogP contribution in [0.15, 0.2) is 6.07 Å². The van der Waals surface area contributed by atoms with Gasteiger partial charge in [-0.2, -0.15) is 9.97 Å². The summed E-state index contributed by atoms with van der Waals surface area (Å²) in [6.07, 6.45) is -2.17. The van der Waals surface area contributed by atoms with Gasteiger partial charge in [-0.3, -0.25) is 0 Å². The fourth-order valence-corrected chi connectivity index (χ4v) is 2.06. The van der Waals surface area contributed by atoms with Crippen LogP contribution in [0.2, 0.25) is 0 Å². The minimum Gasteiger partial charge on any atom is -0.467 e. The molecule has 1 saturated heterocycles. The van der Waals surface area contributed by atoms with E-state index in [4.69, 9.17) is 4.74 Å². The van der Waals surface area contributed by atoms with Gasteiger partial charge in [-0.25, -0.2) is 4.39 Å². The maximum absolute atomic E-state index is 13.2. The van der Waals surface area contributed by atoms with E-state index in [1.54, 1.807) is 11.0 Å². The van der Waals surface area contributed by atoms with Gasteiger partial charge < -0.3 is 14.7 Å². The number of aliphatic hydroxyl groups excluding tert-OH is 1. The molecule has 0 bridgehead atoms. The molecule has 2 atom stereocenters. The monoisotopic (exact) mass is 339 g/mol. The number of halogens is 2.